The van der Waals surface area contributed by atoms with Gasteiger partial charge in [-0.1, -0.05) is 18.2 Å². The Balaban J connectivity index is 0.00000300. The number of guanidine groups is 1. The number of aliphatic imine (C=N–C) groups is 1. The van der Waals surface area contributed by atoms with Gasteiger partial charge in [0.2, 0.25) is 0 Å². The molecule has 0 fully saturated rings. The molecule has 2 heterocycles. The van der Waals surface area contributed by atoms with E-state index < -0.39 is 0 Å². The van der Waals surface area contributed by atoms with Gasteiger partial charge in [0.05, 0.1) is 5.56 Å². The lowest BCUT2D eigenvalue weighted by atomic mass is 10.2. The van der Waals surface area contributed by atoms with Crippen molar-refractivity contribution < 1.29 is 4.79 Å². The molecule has 3 aromatic rings. The van der Waals surface area contributed by atoms with Crippen LogP contribution in [0.2, 0.25) is 0 Å². The minimum atomic E-state index is -0.128. The maximum absolute atomic E-state index is 11.9. The molecule has 0 aliphatic rings. The van der Waals surface area contributed by atoms with Crippen molar-refractivity contribution in [2.75, 3.05) is 26.7 Å². The van der Waals surface area contributed by atoms with Gasteiger partial charge in [-0.3, -0.25) is 14.8 Å². The number of pyridine rings is 1. The number of halogens is 1. The number of benzene rings is 1. The highest BCUT2D eigenvalue weighted by Crippen LogP contribution is 2.15. The second-order valence-corrected chi connectivity index (χ2v) is 6.34. The lowest BCUT2D eigenvalue weighted by molar-refractivity contribution is 0.0954. The minimum Gasteiger partial charge on any atom is -0.356 e. The zero-order valence-corrected chi connectivity index (χ0v) is 18.8. The average Bonchev–Trinajstić information content (AvgIpc) is 3.16. The van der Waals surface area contributed by atoms with E-state index in [4.69, 9.17) is 0 Å². The summed E-state index contributed by atoms with van der Waals surface area (Å²) in [5.41, 5.74) is 1.82. The van der Waals surface area contributed by atoms with Crippen molar-refractivity contribution >= 4 is 46.7 Å². The zero-order valence-electron chi connectivity index (χ0n) is 16.5. The Bertz CT molecular complexity index is 925. The fraction of sp³-hybridized carbons (Fsp3) is 0.286. The van der Waals surface area contributed by atoms with Gasteiger partial charge in [-0.05, 0) is 36.1 Å². The molecule has 0 saturated carbocycles. The van der Waals surface area contributed by atoms with Gasteiger partial charge in [0.1, 0.15) is 0 Å². The highest BCUT2D eigenvalue weighted by atomic mass is 127. The third-order valence-electron chi connectivity index (χ3n) is 4.40. The van der Waals surface area contributed by atoms with Crippen LogP contribution in [-0.2, 0) is 6.54 Å². The summed E-state index contributed by atoms with van der Waals surface area (Å²) >= 11 is 0. The summed E-state index contributed by atoms with van der Waals surface area (Å²) in [5, 5.41) is 10.6. The van der Waals surface area contributed by atoms with Gasteiger partial charge in [-0.25, -0.2) is 0 Å². The Hall–Kier alpha value is -2.62. The van der Waals surface area contributed by atoms with Crippen LogP contribution < -0.4 is 16.0 Å². The Morgan fingerprint density at radius 3 is 2.62 bits per heavy atom. The van der Waals surface area contributed by atoms with Gasteiger partial charge in [-0.15, -0.1) is 24.0 Å². The number of aryl methyl sites for hydroxylation is 1. The molecule has 0 bridgehead atoms. The number of nitrogens with one attached hydrogen (secondary N) is 3. The summed E-state index contributed by atoms with van der Waals surface area (Å²) in [5.74, 6) is 0.602. The molecule has 0 aliphatic heterocycles. The van der Waals surface area contributed by atoms with Crippen LogP contribution in [-0.4, -0.2) is 48.1 Å². The number of nitrogens with zero attached hydrogens (tertiary/aromatic N) is 3. The van der Waals surface area contributed by atoms with E-state index in [2.05, 4.69) is 67.0 Å². The van der Waals surface area contributed by atoms with E-state index in [0.29, 0.717) is 18.7 Å². The molecular formula is C21H27IN6O. The molecule has 29 heavy (non-hydrogen) atoms. The van der Waals surface area contributed by atoms with Gasteiger partial charge < -0.3 is 20.5 Å². The first-order valence-corrected chi connectivity index (χ1v) is 9.44. The van der Waals surface area contributed by atoms with Crippen molar-refractivity contribution in [1.29, 1.82) is 0 Å². The standard InChI is InChI=1S/C21H26N6O.HI/c1-22-21(26-13-12-24-20(28)18-7-4-10-23-16-18)25-11-5-14-27-15-9-17-6-2-3-8-19(17)27;/h2-4,6-10,15-16H,5,11-14H2,1H3,(H,24,28)(H2,22,25,26);1H. The molecule has 0 radical (unpaired) electrons. The molecule has 0 aliphatic carbocycles. The molecule has 0 unspecified atom stereocenters. The summed E-state index contributed by atoms with van der Waals surface area (Å²) < 4.78 is 2.27. The smallest absolute Gasteiger partial charge is 0.252 e. The van der Waals surface area contributed by atoms with E-state index in [-0.39, 0.29) is 29.9 Å². The van der Waals surface area contributed by atoms with Crippen LogP contribution in [0.4, 0.5) is 0 Å². The molecule has 0 atom stereocenters. The largest absolute Gasteiger partial charge is 0.356 e. The van der Waals surface area contributed by atoms with E-state index in [1.165, 1.54) is 10.9 Å². The van der Waals surface area contributed by atoms with Gasteiger partial charge >= 0.3 is 0 Å². The van der Waals surface area contributed by atoms with Gasteiger partial charge in [0.15, 0.2) is 5.96 Å². The molecule has 7 nitrogen and oxygen atoms in total. The third-order valence-corrected chi connectivity index (χ3v) is 4.40. The summed E-state index contributed by atoms with van der Waals surface area (Å²) in [6, 6.07) is 14.0. The van der Waals surface area contributed by atoms with Crippen molar-refractivity contribution in [1.82, 2.24) is 25.5 Å². The van der Waals surface area contributed by atoms with E-state index in [0.717, 1.165) is 25.5 Å². The first-order chi connectivity index (χ1) is 13.8. The summed E-state index contributed by atoms with van der Waals surface area (Å²) in [7, 11) is 1.74. The van der Waals surface area contributed by atoms with E-state index in [9.17, 15) is 4.79 Å². The summed E-state index contributed by atoms with van der Waals surface area (Å²) in [6.07, 6.45) is 6.31. The summed E-state index contributed by atoms with van der Waals surface area (Å²) in [4.78, 5) is 20.1. The predicted octanol–water partition coefficient (Wildman–Crippen LogP) is 2.64. The van der Waals surface area contributed by atoms with E-state index >= 15 is 0 Å². The van der Waals surface area contributed by atoms with Crippen LogP contribution in [0.25, 0.3) is 10.9 Å². The molecule has 8 heteroatoms. The van der Waals surface area contributed by atoms with E-state index in [1.54, 1.807) is 31.6 Å². The number of carbonyl (C=O) groups excluding carboxylic acids is 1. The van der Waals surface area contributed by atoms with Crippen molar-refractivity contribution in [3.63, 3.8) is 0 Å². The minimum absolute atomic E-state index is 0. The van der Waals surface area contributed by atoms with Crippen LogP contribution in [0.5, 0.6) is 0 Å². The normalized spacial score (nSPS) is 11.0. The lowest BCUT2D eigenvalue weighted by Crippen LogP contribution is -2.42. The second-order valence-electron chi connectivity index (χ2n) is 6.34. The number of aromatic nitrogens is 2. The second kappa shape index (κ2) is 12.1. The number of hydrogen-bond acceptors (Lipinski definition) is 3. The number of para-hydroxylation sites is 1. The van der Waals surface area contributed by atoms with E-state index in [1.807, 2.05) is 0 Å². The Morgan fingerprint density at radius 2 is 1.83 bits per heavy atom. The van der Waals surface area contributed by atoms with Crippen molar-refractivity contribution in [3.8, 4) is 0 Å². The fourth-order valence-corrected chi connectivity index (χ4v) is 2.97. The molecule has 154 valence electrons. The van der Waals surface area contributed by atoms with Gasteiger partial charge in [0.25, 0.3) is 5.91 Å². The molecule has 1 amide bonds. The zero-order chi connectivity index (χ0) is 19.6. The molecule has 0 spiro atoms. The number of carbonyl (C=O) groups is 1. The predicted molar refractivity (Wildman–Crippen MR) is 128 cm³/mol. The monoisotopic (exact) mass is 506 g/mol. The molecule has 3 rings (SSSR count). The number of amides is 1. The van der Waals surface area contributed by atoms with Crippen LogP contribution in [0, 0.1) is 0 Å². The number of fused-ring (bicyclic) bond motifs is 1. The van der Waals surface area contributed by atoms with Crippen LogP contribution in [0.15, 0.2) is 66.0 Å². The highest BCUT2D eigenvalue weighted by molar-refractivity contribution is 14.0. The molecule has 1 aromatic carbocycles. The van der Waals surface area contributed by atoms with Gasteiger partial charge in [-0.2, -0.15) is 0 Å². The quantitative estimate of drug-likeness (QED) is 0.190. The molecular weight excluding hydrogens is 479 g/mol. The van der Waals surface area contributed by atoms with Crippen LogP contribution in [0.1, 0.15) is 16.8 Å². The third kappa shape index (κ3) is 6.74. The number of hydrogen-bond donors (Lipinski definition) is 3. The van der Waals surface area contributed by atoms with Crippen LogP contribution >= 0.6 is 24.0 Å². The van der Waals surface area contributed by atoms with Gasteiger partial charge in [0, 0.05) is 57.3 Å². The average molecular weight is 506 g/mol. The van der Waals surface area contributed by atoms with Crippen molar-refractivity contribution in [2.45, 2.75) is 13.0 Å². The Kier molecular flexibility index (Phi) is 9.42. The number of rotatable bonds is 8. The topological polar surface area (TPSA) is 83.3 Å². The Labute approximate surface area is 188 Å². The fourth-order valence-electron chi connectivity index (χ4n) is 2.97. The molecule has 2 aromatic heterocycles. The maximum Gasteiger partial charge on any atom is 0.252 e. The molecule has 3 N–H and O–H groups in total. The summed E-state index contributed by atoms with van der Waals surface area (Å²) in [6.45, 7) is 2.85. The lowest BCUT2D eigenvalue weighted by Gasteiger charge is -2.13. The maximum atomic E-state index is 11.9. The Morgan fingerprint density at radius 1 is 1.03 bits per heavy atom. The van der Waals surface area contributed by atoms with Crippen molar-refractivity contribution in [3.05, 3.63) is 66.6 Å². The van der Waals surface area contributed by atoms with Crippen LogP contribution in [0.3, 0.4) is 0 Å². The highest BCUT2D eigenvalue weighted by Gasteiger charge is 2.04. The van der Waals surface area contributed by atoms with Crippen molar-refractivity contribution in [2.24, 2.45) is 4.99 Å². The first-order valence-electron chi connectivity index (χ1n) is 9.44. The SMILES string of the molecule is CN=C(NCCCn1ccc2ccccc21)NCCNC(=O)c1cccnc1.I. The molecule has 0 saturated heterocycles. The first kappa shape index (κ1) is 22.7.